The highest BCUT2D eigenvalue weighted by Gasteiger charge is 2.38. The van der Waals surface area contributed by atoms with E-state index in [1.807, 2.05) is 24.3 Å². The third-order valence-electron chi connectivity index (χ3n) is 5.98. The standard InChI is InChI=1S/C24H23ClN4O5S2/c25-17-9-11-18(12-10-17)35(31,32)28-21(24-26-19-3-1-2-4-20(19)27-24)13-15-5-7-16(8-6-15)22-14-23(30)29-36(22,33)34/h1-12,21-22,28,33-34H,13-14H2,(H,26,27)(H,29,30)/t21-,22?/m0/s1. The van der Waals surface area contributed by atoms with Crippen LogP contribution in [0.1, 0.15) is 34.7 Å². The molecule has 12 heteroatoms. The van der Waals surface area contributed by atoms with Crippen LogP contribution in [0.25, 0.3) is 11.0 Å². The molecule has 3 aromatic carbocycles. The number of imidazole rings is 1. The van der Waals surface area contributed by atoms with Crippen LogP contribution in [0.5, 0.6) is 0 Å². The molecule has 1 amide bonds. The molecule has 0 saturated carbocycles. The molecule has 9 nitrogen and oxygen atoms in total. The molecule has 1 aromatic heterocycles. The lowest BCUT2D eigenvalue weighted by molar-refractivity contribution is -0.118. The van der Waals surface area contributed by atoms with Gasteiger partial charge in [0.15, 0.2) is 0 Å². The molecule has 2 heterocycles. The first kappa shape index (κ1) is 24.8. The van der Waals surface area contributed by atoms with Crippen molar-refractivity contribution in [1.29, 1.82) is 0 Å². The minimum atomic E-state index is -3.90. The number of aromatic amines is 1. The van der Waals surface area contributed by atoms with Gasteiger partial charge < -0.3 is 4.98 Å². The second-order valence-electron chi connectivity index (χ2n) is 8.52. The Morgan fingerprint density at radius 3 is 2.39 bits per heavy atom. The molecule has 1 fully saturated rings. The van der Waals surface area contributed by atoms with Crippen LogP contribution >= 0.6 is 22.4 Å². The van der Waals surface area contributed by atoms with Crippen molar-refractivity contribution in [2.24, 2.45) is 0 Å². The number of H-pyrrole nitrogens is 1. The normalized spacial score (nSPS) is 19.2. The molecule has 36 heavy (non-hydrogen) atoms. The fourth-order valence-corrected chi connectivity index (χ4v) is 6.98. The van der Waals surface area contributed by atoms with Gasteiger partial charge in [-0.1, -0.05) is 48.0 Å². The average Bonchev–Trinajstić information content (AvgIpc) is 3.38. The van der Waals surface area contributed by atoms with Gasteiger partial charge in [-0.3, -0.25) is 18.6 Å². The summed E-state index contributed by atoms with van der Waals surface area (Å²) in [4.78, 5) is 19.5. The zero-order valence-electron chi connectivity index (χ0n) is 18.8. The van der Waals surface area contributed by atoms with Crippen molar-refractivity contribution in [2.45, 2.75) is 29.0 Å². The Hall–Kier alpha value is -2.93. The number of fused-ring (bicyclic) bond motifs is 1. The quantitative estimate of drug-likeness (QED) is 0.227. The van der Waals surface area contributed by atoms with E-state index < -0.39 is 38.0 Å². The molecule has 5 rings (SSSR count). The second kappa shape index (κ2) is 9.51. The smallest absolute Gasteiger partial charge is 0.241 e. The van der Waals surface area contributed by atoms with Crippen LogP contribution in [0.3, 0.4) is 0 Å². The molecule has 1 saturated heterocycles. The van der Waals surface area contributed by atoms with Gasteiger partial charge in [0.1, 0.15) is 11.1 Å². The molecule has 0 radical (unpaired) electrons. The van der Waals surface area contributed by atoms with Crippen molar-refractivity contribution in [3.63, 3.8) is 0 Å². The number of amides is 1. The number of nitrogens with zero attached hydrogens (tertiary/aromatic N) is 1. The van der Waals surface area contributed by atoms with Crippen molar-refractivity contribution in [1.82, 2.24) is 19.4 Å². The lowest BCUT2D eigenvalue weighted by atomic mass is 10.0. The van der Waals surface area contributed by atoms with E-state index in [9.17, 15) is 22.3 Å². The van der Waals surface area contributed by atoms with Gasteiger partial charge >= 0.3 is 0 Å². The van der Waals surface area contributed by atoms with E-state index in [1.165, 1.54) is 24.3 Å². The summed E-state index contributed by atoms with van der Waals surface area (Å²) in [7, 11) is -7.16. The summed E-state index contributed by atoms with van der Waals surface area (Å²) in [5.74, 6) is 0.0446. The zero-order chi connectivity index (χ0) is 25.5. The summed E-state index contributed by atoms with van der Waals surface area (Å²) in [5.41, 5.74) is 2.89. The van der Waals surface area contributed by atoms with Crippen LogP contribution < -0.4 is 9.44 Å². The molecule has 1 aliphatic rings. The van der Waals surface area contributed by atoms with Crippen molar-refractivity contribution >= 4 is 49.3 Å². The highest BCUT2D eigenvalue weighted by Crippen LogP contribution is 2.56. The maximum Gasteiger partial charge on any atom is 0.241 e. The van der Waals surface area contributed by atoms with Crippen LogP contribution in [0.15, 0.2) is 77.7 Å². The van der Waals surface area contributed by atoms with Crippen molar-refractivity contribution in [3.05, 3.63) is 94.8 Å². The highest BCUT2D eigenvalue weighted by molar-refractivity contribution is 8.23. The molecule has 0 spiro atoms. The van der Waals surface area contributed by atoms with Crippen LogP contribution in [0, 0.1) is 0 Å². The van der Waals surface area contributed by atoms with Crippen LogP contribution in [-0.4, -0.2) is 33.4 Å². The maximum absolute atomic E-state index is 13.2. The van der Waals surface area contributed by atoms with Crippen molar-refractivity contribution in [2.75, 3.05) is 0 Å². The van der Waals surface area contributed by atoms with E-state index in [2.05, 4.69) is 19.4 Å². The Bertz CT molecular complexity index is 1490. The number of halogens is 1. The molecule has 2 atom stereocenters. The number of hydrogen-bond donors (Lipinski definition) is 5. The first-order valence-corrected chi connectivity index (χ1v) is 14.5. The predicted molar refractivity (Wildman–Crippen MR) is 139 cm³/mol. The highest BCUT2D eigenvalue weighted by atomic mass is 35.5. The molecule has 188 valence electrons. The Balaban J connectivity index is 1.45. The van der Waals surface area contributed by atoms with Crippen LogP contribution in [-0.2, 0) is 21.2 Å². The molecule has 0 aliphatic carbocycles. The van der Waals surface area contributed by atoms with Gasteiger partial charge in [-0.2, -0.15) is 0 Å². The summed E-state index contributed by atoms with van der Waals surface area (Å²) in [6.07, 6.45) is 0.259. The number of rotatable bonds is 7. The van der Waals surface area contributed by atoms with E-state index in [-0.39, 0.29) is 17.7 Å². The van der Waals surface area contributed by atoms with Gasteiger partial charge in [0.05, 0.1) is 28.4 Å². The van der Waals surface area contributed by atoms with Crippen LogP contribution in [0.2, 0.25) is 5.02 Å². The van der Waals surface area contributed by atoms with Gasteiger partial charge in [-0.05, 0) is 53.9 Å². The number of benzene rings is 3. The fourth-order valence-electron chi connectivity index (χ4n) is 4.18. The molecule has 5 N–H and O–H groups in total. The molecule has 0 bridgehead atoms. The van der Waals surface area contributed by atoms with Gasteiger partial charge in [0.25, 0.3) is 0 Å². The largest absolute Gasteiger partial charge is 0.341 e. The predicted octanol–water partition coefficient (Wildman–Crippen LogP) is 4.71. The minimum Gasteiger partial charge on any atom is -0.341 e. The summed E-state index contributed by atoms with van der Waals surface area (Å²) >= 11 is 5.92. The first-order valence-electron chi connectivity index (χ1n) is 11.0. The van der Waals surface area contributed by atoms with E-state index in [0.29, 0.717) is 21.9 Å². The third-order valence-corrected chi connectivity index (χ3v) is 9.48. The Labute approximate surface area is 214 Å². The molecule has 1 aliphatic heterocycles. The number of aromatic nitrogens is 2. The molecule has 4 aromatic rings. The number of nitrogens with one attached hydrogen (secondary N) is 3. The summed E-state index contributed by atoms with van der Waals surface area (Å²) in [6, 6.07) is 19.6. The zero-order valence-corrected chi connectivity index (χ0v) is 21.1. The lowest BCUT2D eigenvalue weighted by Crippen LogP contribution is -2.31. The SMILES string of the molecule is O=C1CC(c2ccc(C[C@H](NS(=O)(=O)c3ccc(Cl)cc3)c3nc4ccccc4[nH]3)cc2)S(O)(O)N1. The van der Waals surface area contributed by atoms with Crippen LogP contribution in [0.4, 0.5) is 0 Å². The first-order chi connectivity index (χ1) is 17.1. The fraction of sp³-hybridized carbons (Fsp3) is 0.167. The monoisotopic (exact) mass is 546 g/mol. The van der Waals surface area contributed by atoms with E-state index in [0.717, 1.165) is 11.1 Å². The second-order valence-corrected chi connectivity index (χ2v) is 12.6. The topological polar surface area (TPSA) is 144 Å². The van der Waals surface area contributed by atoms with E-state index in [1.54, 1.807) is 24.3 Å². The Kier molecular flexibility index (Phi) is 6.54. The van der Waals surface area contributed by atoms with E-state index >= 15 is 0 Å². The van der Waals surface area contributed by atoms with Crippen molar-refractivity contribution in [3.8, 4) is 0 Å². The third kappa shape index (κ3) is 5.12. The number of carbonyl (C=O) groups excluding carboxylic acids is 1. The Morgan fingerprint density at radius 1 is 1.06 bits per heavy atom. The molecular weight excluding hydrogens is 524 g/mol. The number of carbonyl (C=O) groups is 1. The summed E-state index contributed by atoms with van der Waals surface area (Å²) in [5, 5.41) is -0.299. The van der Waals surface area contributed by atoms with Gasteiger partial charge in [-0.25, -0.2) is 18.1 Å². The number of para-hydroxylation sites is 2. The van der Waals surface area contributed by atoms with Gasteiger partial charge in [-0.15, -0.1) is 10.8 Å². The molecule has 1 unspecified atom stereocenters. The average molecular weight is 547 g/mol. The van der Waals surface area contributed by atoms with E-state index in [4.69, 9.17) is 11.6 Å². The minimum absolute atomic E-state index is 0.00974. The van der Waals surface area contributed by atoms with Crippen molar-refractivity contribution < 1.29 is 22.3 Å². The number of sulfonamides is 1. The Morgan fingerprint density at radius 2 is 1.75 bits per heavy atom. The number of hydrogen-bond acceptors (Lipinski definition) is 6. The van der Waals surface area contributed by atoms with Gasteiger partial charge in [0.2, 0.25) is 15.9 Å². The van der Waals surface area contributed by atoms with Gasteiger partial charge in [0, 0.05) is 5.02 Å². The maximum atomic E-state index is 13.2. The summed E-state index contributed by atoms with van der Waals surface area (Å²) < 4.78 is 51.7. The molecular formula is C24H23ClN4O5S2. The lowest BCUT2D eigenvalue weighted by Gasteiger charge is -2.32. The summed E-state index contributed by atoms with van der Waals surface area (Å²) in [6.45, 7) is 0.